The van der Waals surface area contributed by atoms with Gasteiger partial charge >= 0.3 is 0 Å². The van der Waals surface area contributed by atoms with Crippen molar-refractivity contribution in [2.45, 2.75) is 27.3 Å². The quantitative estimate of drug-likeness (QED) is 0.268. The number of nitrogens with zero attached hydrogens (tertiary/aromatic N) is 8. The van der Waals surface area contributed by atoms with Crippen molar-refractivity contribution in [2.24, 2.45) is 4.99 Å². The van der Waals surface area contributed by atoms with E-state index in [2.05, 4.69) is 50.7 Å². The van der Waals surface area contributed by atoms with Crippen molar-refractivity contribution in [3.63, 3.8) is 0 Å². The van der Waals surface area contributed by atoms with Crippen LogP contribution in [0.2, 0.25) is 0 Å². The van der Waals surface area contributed by atoms with Crippen LogP contribution in [0, 0.1) is 26.6 Å². The molecule has 5 heterocycles. The number of hydrogen-bond donors (Lipinski definition) is 2. The molecule has 5 aromatic rings. The molecule has 0 unspecified atom stereocenters. The number of rotatable bonds is 8. The number of pyridine rings is 3. The summed E-state index contributed by atoms with van der Waals surface area (Å²) in [6.07, 6.45) is 5.81. The van der Waals surface area contributed by atoms with Crippen LogP contribution in [0.5, 0.6) is 0 Å². The zero-order chi connectivity index (χ0) is 28.9. The highest BCUT2D eigenvalue weighted by molar-refractivity contribution is 5.94. The van der Waals surface area contributed by atoms with Gasteiger partial charge < -0.3 is 15.2 Å². The molecule has 0 atom stereocenters. The van der Waals surface area contributed by atoms with Crippen LogP contribution in [-0.4, -0.2) is 54.2 Å². The standard InChI is InChI=1S/C28H25FN10O2/c1-15-7-19(26-35-16(2)8-23(36-26)37-28-38-24(14-30-4)41-39-28)12-33-25(15)27(40)34-11-18-5-6-22(32-10-18)21-9-20(29)13-31-17(21)3/h5-10,12-14H,11H2,1-4H3,(H,34,40)(H,35,36,37,39)/b30-14-. The third-order valence-electron chi connectivity index (χ3n) is 5.93. The molecule has 0 aliphatic heterocycles. The summed E-state index contributed by atoms with van der Waals surface area (Å²) in [6.45, 7) is 5.66. The lowest BCUT2D eigenvalue weighted by atomic mass is 10.1. The number of anilines is 2. The molecule has 41 heavy (non-hydrogen) atoms. The Balaban J connectivity index is 1.26. The summed E-state index contributed by atoms with van der Waals surface area (Å²) in [5.74, 6) is 0.624. The first-order chi connectivity index (χ1) is 19.8. The highest BCUT2D eigenvalue weighted by atomic mass is 19.1. The number of nitrogens with one attached hydrogen (secondary N) is 2. The van der Waals surface area contributed by atoms with E-state index in [1.807, 2.05) is 13.0 Å². The summed E-state index contributed by atoms with van der Waals surface area (Å²) >= 11 is 0. The molecule has 13 heteroatoms. The van der Waals surface area contributed by atoms with Crippen molar-refractivity contribution in [3.05, 3.63) is 88.8 Å². The largest absolute Gasteiger partial charge is 0.347 e. The number of aryl methyl sites for hydroxylation is 3. The number of hydrogen-bond acceptors (Lipinski definition) is 11. The Labute approximate surface area is 234 Å². The van der Waals surface area contributed by atoms with E-state index < -0.39 is 5.82 Å². The van der Waals surface area contributed by atoms with E-state index in [-0.39, 0.29) is 30.0 Å². The molecule has 0 bridgehead atoms. The van der Waals surface area contributed by atoms with Crippen LogP contribution in [0.25, 0.3) is 22.6 Å². The second-order valence-electron chi connectivity index (χ2n) is 9.10. The van der Waals surface area contributed by atoms with Gasteiger partial charge in [-0.2, -0.15) is 4.98 Å². The van der Waals surface area contributed by atoms with Gasteiger partial charge in [0.1, 0.15) is 17.3 Å². The molecule has 0 spiro atoms. The predicted octanol–water partition coefficient (Wildman–Crippen LogP) is 4.17. The fraction of sp³-hybridized carbons (Fsp3) is 0.179. The van der Waals surface area contributed by atoms with E-state index in [0.717, 1.165) is 5.56 Å². The molecule has 0 aliphatic carbocycles. The molecular formula is C28H25FN10O2. The van der Waals surface area contributed by atoms with Gasteiger partial charge in [-0.25, -0.2) is 14.4 Å². The van der Waals surface area contributed by atoms with E-state index in [0.29, 0.717) is 45.4 Å². The summed E-state index contributed by atoms with van der Waals surface area (Å²) in [7, 11) is 1.61. The smallest absolute Gasteiger partial charge is 0.270 e. The van der Waals surface area contributed by atoms with Crippen LogP contribution in [0.1, 0.15) is 38.9 Å². The van der Waals surface area contributed by atoms with Crippen LogP contribution >= 0.6 is 0 Å². The van der Waals surface area contributed by atoms with Crippen molar-refractivity contribution in [1.29, 1.82) is 0 Å². The van der Waals surface area contributed by atoms with Crippen molar-refractivity contribution in [3.8, 4) is 22.6 Å². The van der Waals surface area contributed by atoms with Crippen LogP contribution in [0.15, 0.2) is 58.4 Å². The lowest BCUT2D eigenvalue weighted by Crippen LogP contribution is -2.24. The van der Waals surface area contributed by atoms with Crippen LogP contribution in [-0.2, 0) is 6.54 Å². The number of aliphatic imine (C=N–C) groups is 1. The number of halogens is 1. The molecule has 5 aromatic heterocycles. The van der Waals surface area contributed by atoms with E-state index in [1.54, 1.807) is 51.5 Å². The maximum absolute atomic E-state index is 13.6. The van der Waals surface area contributed by atoms with E-state index in [9.17, 15) is 9.18 Å². The van der Waals surface area contributed by atoms with Crippen LogP contribution in [0.4, 0.5) is 16.2 Å². The highest BCUT2D eigenvalue weighted by Gasteiger charge is 2.15. The zero-order valence-corrected chi connectivity index (χ0v) is 22.7. The van der Waals surface area contributed by atoms with Crippen molar-refractivity contribution in [1.82, 2.24) is 40.4 Å². The average Bonchev–Trinajstić information content (AvgIpc) is 3.39. The fourth-order valence-corrected chi connectivity index (χ4v) is 3.98. The van der Waals surface area contributed by atoms with Gasteiger partial charge in [0.25, 0.3) is 17.7 Å². The lowest BCUT2D eigenvalue weighted by Gasteiger charge is -2.10. The van der Waals surface area contributed by atoms with Crippen molar-refractivity contribution in [2.75, 3.05) is 12.4 Å². The van der Waals surface area contributed by atoms with Crippen LogP contribution in [0.3, 0.4) is 0 Å². The normalized spacial score (nSPS) is 11.1. The molecule has 1 amide bonds. The minimum atomic E-state index is -0.427. The molecule has 0 fully saturated rings. The molecule has 2 N–H and O–H groups in total. The van der Waals surface area contributed by atoms with Gasteiger partial charge in [0, 0.05) is 54.6 Å². The Kier molecular flexibility index (Phi) is 7.76. The molecule has 5 rings (SSSR count). The Hall–Kier alpha value is -5.46. The molecule has 0 aliphatic rings. The van der Waals surface area contributed by atoms with Crippen molar-refractivity contribution < 1.29 is 13.7 Å². The number of aromatic nitrogens is 7. The summed E-state index contributed by atoms with van der Waals surface area (Å²) in [4.78, 5) is 42.8. The maximum Gasteiger partial charge on any atom is 0.270 e. The summed E-state index contributed by atoms with van der Waals surface area (Å²) in [5.41, 5.74) is 4.96. The van der Waals surface area contributed by atoms with Gasteiger partial charge in [0.05, 0.1) is 18.1 Å². The second-order valence-corrected chi connectivity index (χ2v) is 9.10. The first-order valence-electron chi connectivity index (χ1n) is 12.5. The minimum absolute atomic E-state index is 0.233. The molecule has 0 radical (unpaired) electrons. The third kappa shape index (κ3) is 6.41. The minimum Gasteiger partial charge on any atom is -0.347 e. The van der Waals surface area contributed by atoms with Crippen molar-refractivity contribution >= 4 is 23.9 Å². The second kappa shape index (κ2) is 11.7. The third-order valence-corrected chi connectivity index (χ3v) is 5.93. The topological polar surface area (TPSA) is 157 Å². The number of amides is 1. The van der Waals surface area contributed by atoms with Gasteiger partial charge in [0.2, 0.25) is 0 Å². The first kappa shape index (κ1) is 27.1. The maximum atomic E-state index is 13.6. The Morgan fingerprint density at radius 1 is 1.02 bits per heavy atom. The van der Waals surface area contributed by atoms with Gasteiger partial charge in [-0.1, -0.05) is 6.07 Å². The average molecular weight is 553 g/mol. The lowest BCUT2D eigenvalue weighted by molar-refractivity contribution is 0.0945. The number of carbonyl (C=O) groups excluding carboxylic acids is 1. The summed E-state index contributed by atoms with van der Waals surface area (Å²) in [6, 6.07) is 8.54. The Morgan fingerprint density at radius 2 is 1.88 bits per heavy atom. The fourth-order valence-electron chi connectivity index (χ4n) is 3.98. The SMILES string of the molecule is C/N=C\c1nc(Nc2cc(C)nc(-c3cnc(C(=O)NCc4ccc(-c5cc(F)cnc5C)nc4)c(C)c3)n2)no1. The predicted molar refractivity (Wildman–Crippen MR) is 149 cm³/mol. The van der Waals surface area contributed by atoms with E-state index >= 15 is 0 Å². The van der Waals surface area contributed by atoms with Gasteiger partial charge in [-0.3, -0.25) is 24.7 Å². The first-order valence-corrected chi connectivity index (χ1v) is 12.5. The van der Waals surface area contributed by atoms with Gasteiger partial charge in [-0.15, -0.1) is 0 Å². The van der Waals surface area contributed by atoms with Crippen LogP contribution < -0.4 is 10.6 Å². The summed E-state index contributed by atoms with van der Waals surface area (Å²) in [5, 5.41) is 9.70. The molecule has 0 saturated heterocycles. The van der Waals surface area contributed by atoms with E-state index in [1.165, 1.54) is 18.5 Å². The molecule has 12 nitrogen and oxygen atoms in total. The van der Waals surface area contributed by atoms with Gasteiger partial charge in [-0.05, 0) is 55.3 Å². The Bertz CT molecular complexity index is 1750. The molecule has 0 saturated carbocycles. The zero-order valence-electron chi connectivity index (χ0n) is 22.7. The van der Waals surface area contributed by atoms with Gasteiger partial charge in [0.15, 0.2) is 5.82 Å². The number of carbonyl (C=O) groups is 1. The monoisotopic (exact) mass is 552 g/mol. The Morgan fingerprint density at radius 3 is 2.63 bits per heavy atom. The van der Waals surface area contributed by atoms with E-state index in [4.69, 9.17) is 4.52 Å². The molecular weight excluding hydrogens is 527 g/mol. The molecule has 206 valence electrons. The highest BCUT2D eigenvalue weighted by Crippen LogP contribution is 2.22. The molecule has 0 aromatic carbocycles. The summed E-state index contributed by atoms with van der Waals surface area (Å²) < 4.78 is 18.7.